The number of alkyl halides is 6. The van der Waals surface area contributed by atoms with Crippen LogP contribution in [0, 0.1) is 0 Å². The quantitative estimate of drug-likeness (QED) is 0.474. The van der Waals surface area contributed by atoms with Gasteiger partial charge in [0.05, 0.1) is 17.8 Å². The molecule has 8 nitrogen and oxygen atoms in total. The minimum absolute atomic E-state index is 0.00452. The molecule has 0 spiro atoms. The maximum absolute atomic E-state index is 12.8. The van der Waals surface area contributed by atoms with Gasteiger partial charge < -0.3 is 5.32 Å². The molecule has 0 radical (unpaired) electrons. The number of benzene rings is 1. The average Bonchev–Trinajstić information content (AvgIpc) is 3.26. The fourth-order valence-electron chi connectivity index (χ4n) is 3.04. The van der Waals surface area contributed by atoms with Gasteiger partial charge in [0.25, 0.3) is 5.56 Å². The Labute approximate surface area is 188 Å². The van der Waals surface area contributed by atoms with Gasteiger partial charge in [0.15, 0.2) is 0 Å². The van der Waals surface area contributed by atoms with E-state index in [1.165, 1.54) is 6.20 Å². The lowest BCUT2D eigenvalue weighted by Crippen LogP contribution is -2.34. The van der Waals surface area contributed by atoms with Crippen molar-refractivity contribution in [1.82, 2.24) is 30.3 Å². The smallest absolute Gasteiger partial charge is 0.349 e. The molecule has 182 valence electrons. The molecule has 0 bridgehead atoms. The minimum Gasteiger partial charge on any atom is -0.349 e. The van der Waals surface area contributed by atoms with Gasteiger partial charge in [-0.1, -0.05) is 17.3 Å². The lowest BCUT2D eigenvalue weighted by atomic mass is 10.1. The molecule has 3 aromatic rings. The van der Waals surface area contributed by atoms with E-state index in [9.17, 15) is 35.9 Å². The lowest BCUT2D eigenvalue weighted by molar-refractivity contribution is -0.137. The number of hydrogen-bond donors (Lipinski definition) is 2. The molecule has 0 atom stereocenters. The number of aryl methyl sites for hydroxylation is 1. The number of nitrogens with zero attached hydrogens (tertiary/aromatic N) is 4. The number of hydrogen-bond acceptors (Lipinski definition) is 5. The van der Waals surface area contributed by atoms with Crippen molar-refractivity contribution in [2.45, 2.75) is 44.7 Å². The molecule has 1 aromatic carbocycles. The van der Waals surface area contributed by atoms with Gasteiger partial charge in [-0.3, -0.25) is 19.3 Å². The second-order valence-corrected chi connectivity index (χ2v) is 7.27. The van der Waals surface area contributed by atoms with Crippen LogP contribution in [0.2, 0.25) is 0 Å². The number of aromatic nitrogens is 5. The van der Waals surface area contributed by atoms with Gasteiger partial charge in [-0.05, 0) is 18.6 Å². The Kier molecular flexibility index (Phi) is 7.37. The van der Waals surface area contributed by atoms with Crippen LogP contribution in [0.5, 0.6) is 0 Å². The number of nitrogens with one attached hydrogen (secondary N) is 2. The molecule has 14 heteroatoms. The summed E-state index contributed by atoms with van der Waals surface area (Å²) in [6, 6.07) is 4.85. The largest absolute Gasteiger partial charge is 0.416 e. The molecule has 0 unspecified atom stereocenters. The third kappa shape index (κ3) is 6.89. The van der Waals surface area contributed by atoms with Crippen molar-refractivity contribution >= 4 is 5.91 Å². The molecule has 0 aliphatic rings. The van der Waals surface area contributed by atoms with Crippen LogP contribution in [0.4, 0.5) is 26.3 Å². The van der Waals surface area contributed by atoms with E-state index in [1.807, 2.05) is 0 Å². The van der Waals surface area contributed by atoms with Crippen LogP contribution in [0.1, 0.15) is 29.9 Å². The molecular weight excluding hydrogens is 470 g/mol. The normalized spacial score (nSPS) is 12.1. The summed E-state index contributed by atoms with van der Waals surface area (Å²) in [5, 5.41) is 12.1. The van der Waals surface area contributed by atoms with E-state index in [-0.39, 0.29) is 30.0 Å². The molecule has 1 amide bonds. The first-order valence-corrected chi connectivity index (χ1v) is 9.89. The minimum atomic E-state index is -4.56. The van der Waals surface area contributed by atoms with Crippen molar-refractivity contribution in [3.63, 3.8) is 0 Å². The fourth-order valence-corrected chi connectivity index (χ4v) is 3.04. The highest BCUT2D eigenvalue weighted by Gasteiger charge is 2.30. The number of amides is 1. The van der Waals surface area contributed by atoms with Crippen LogP contribution in [-0.2, 0) is 30.5 Å². The van der Waals surface area contributed by atoms with E-state index in [0.717, 1.165) is 34.9 Å². The zero-order chi connectivity index (χ0) is 24.9. The maximum Gasteiger partial charge on any atom is 0.416 e. The second-order valence-electron chi connectivity index (χ2n) is 7.27. The Bertz CT molecular complexity index is 1170. The summed E-state index contributed by atoms with van der Waals surface area (Å²) < 4.78 is 77.2. The number of H-pyrrole nitrogens is 1. The van der Waals surface area contributed by atoms with Crippen molar-refractivity contribution in [2.75, 3.05) is 0 Å². The highest BCUT2D eigenvalue weighted by molar-refractivity contribution is 5.75. The predicted octanol–water partition coefficient (Wildman–Crippen LogP) is 3.25. The van der Waals surface area contributed by atoms with Crippen LogP contribution in [-0.4, -0.2) is 37.0 Å². The van der Waals surface area contributed by atoms with Crippen LogP contribution in [0.3, 0.4) is 0 Å². The highest BCUT2D eigenvalue weighted by atomic mass is 19.4. The number of carbonyl (C=O) groups excluding carboxylic acids is 1. The Morgan fingerprint density at radius 3 is 2.38 bits per heavy atom. The highest BCUT2D eigenvalue weighted by Crippen LogP contribution is 2.30. The average molecular weight is 488 g/mol. The third-order valence-corrected chi connectivity index (χ3v) is 4.69. The molecule has 0 fully saturated rings. The standard InChI is InChI=1S/C20H18F6N6O2/c21-19(22,23)7-1-2-16-29-15(12-3-5-13(6-4-12)20(24,25)26)8-18(34)32(16)11-17(33)27-9-14-10-28-31-30-14/h3-6,8,10H,1-2,7,9,11H2,(H,27,33)(H,28,30,31). The van der Waals surface area contributed by atoms with Gasteiger partial charge in [-0.25, -0.2) is 4.98 Å². The summed E-state index contributed by atoms with van der Waals surface area (Å²) >= 11 is 0. The number of aromatic amines is 1. The van der Waals surface area contributed by atoms with Crippen molar-refractivity contribution < 1.29 is 31.1 Å². The summed E-state index contributed by atoms with van der Waals surface area (Å²) in [6.07, 6.45) is -9.35. The summed E-state index contributed by atoms with van der Waals surface area (Å²) in [7, 11) is 0. The van der Waals surface area contributed by atoms with Crippen LogP contribution in [0.15, 0.2) is 41.3 Å². The van der Waals surface area contributed by atoms with Crippen molar-refractivity contribution in [2.24, 2.45) is 0 Å². The van der Waals surface area contributed by atoms with Crippen LogP contribution < -0.4 is 10.9 Å². The molecule has 2 aromatic heterocycles. The second kappa shape index (κ2) is 10.1. The molecule has 2 N–H and O–H groups in total. The lowest BCUT2D eigenvalue weighted by Gasteiger charge is -2.14. The van der Waals surface area contributed by atoms with E-state index in [4.69, 9.17) is 0 Å². The Morgan fingerprint density at radius 1 is 1.09 bits per heavy atom. The molecule has 0 saturated carbocycles. The number of halogens is 6. The van der Waals surface area contributed by atoms with Crippen molar-refractivity contribution in [1.29, 1.82) is 0 Å². The van der Waals surface area contributed by atoms with E-state index in [1.54, 1.807) is 0 Å². The van der Waals surface area contributed by atoms with E-state index >= 15 is 0 Å². The molecule has 3 rings (SSSR count). The molecule has 2 heterocycles. The summed E-state index contributed by atoms with van der Waals surface area (Å²) in [4.78, 5) is 29.2. The molecule has 34 heavy (non-hydrogen) atoms. The third-order valence-electron chi connectivity index (χ3n) is 4.69. The first-order valence-electron chi connectivity index (χ1n) is 9.89. The van der Waals surface area contributed by atoms with E-state index in [2.05, 4.69) is 25.7 Å². The summed E-state index contributed by atoms with van der Waals surface area (Å²) in [5.41, 5.74) is -1.06. The molecular formula is C20H18F6N6O2. The monoisotopic (exact) mass is 488 g/mol. The van der Waals surface area contributed by atoms with Crippen LogP contribution in [0.25, 0.3) is 11.3 Å². The van der Waals surface area contributed by atoms with E-state index < -0.39 is 48.8 Å². The molecule has 0 aliphatic heterocycles. The molecule has 0 aliphatic carbocycles. The summed E-state index contributed by atoms with van der Waals surface area (Å²) in [6.45, 7) is -0.511. The van der Waals surface area contributed by atoms with Crippen molar-refractivity contribution in [3.05, 3.63) is 64.0 Å². The topological polar surface area (TPSA) is 106 Å². The predicted molar refractivity (Wildman–Crippen MR) is 106 cm³/mol. The fraction of sp³-hybridized carbons (Fsp3) is 0.350. The van der Waals surface area contributed by atoms with Gasteiger partial charge >= 0.3 is 12.4 Å². The number of carbonyl (C=O) groups is 1. The molecule has 0 saturated heterocycles. The van der Waals surface area contributed by atoms with Gasteiger partial charge in [0.2, 0.25) is 5.91 Å². The van der Waals surface area contributed by atoms with Gasteiger partial charge in [-0.15, -0.1) is 5.10 Å². The number of rotatable bonds is 8. The van der Waals surface area contributed by atoms with Gasteiger partial charge in [0.1, 0.15) is 18.1 Å². The zero-order valence-corrected chi connectivity index (χ0v) is 17.4. The van der Waals surface area contributed by atoms with Crippen LogP contribution >= 0.6 is 0 Å². The first-order chi connectivity index (χ1) is 15.9. The van der Waals surface area contributed by atoms with E-state index in [0.29, 0.717) is 5.69 Å². The zero-order valence-electron chi connectivity index (χ0n) is 17.4. The van der Waals surface area contributed by atoms with Crippen molar-refractivity contribution in [3.8, 4) is 11.3 Å². The Morgan fingerprint density at radius 2 is 1.79 bits per heavy atom. The SMILES string of the molecule is O=C(Cn1c(CCCC(F)(F)F)nc(-c2ccc(C(F)(F)F)cc2)cc1=O)NCc1c[nH]nn1. The Hall–Kier alpha value is -3.71. The Balaban J connectivity index is 1.86. The van der Waals surface area contributed by atoms with Gasteiger partial charge in [0, 0.05) is 30.7 Å². The van der Waals surface area contributed by atoms with Gasteiger partial charge in [-0.2, -0.15) is 26.3 Å². The maximum atomic E-state index is 12.8. The summed E-state index contributed by atoms with van der Waals surface area (Å²) in [5.74, 6) is -0.713. The first kappa shape index (κ1) is 24.9.